The van der Waals surface area contributed by atoms with Crippen molar-refractivity contribution in [3.8, 4) is 0 Å². The number of para-hydroxylation sites is 2. The zero-order valence-electron chi connectivity index (χ0n) is 11.7. The van der Waals surface area contributed by atoms with Crippen LogP contribution in [0.3, 0.4) is 0 Å². The Morgan fingerprint density at radius 1 is 0.955 bits per heavy atom. The fourth-order valence-corrected chi connectivity index (χ4v) is 2.75. The topological polar surface area (TPSA) is 61.0 Å². The minimum Gasteiger partial charge on any atom is -0.359 e. The SMILES string of the molecule is O=C1c2ccccc2N[C@@H](c2ccn[nH]2)N1c1ccccc1. The van der Waals surface area contributed by atoms with Crippen LogP contribution in [-0.4, -0.2) is 16.1 Å². The standard InChI is InChI=1S/C17H14N4O/c22-17-13-8-4-5-9-14(13)19-16(15-10-11-18-20-15)21(17)12-6-2-1-3-7-12/h1-11,16,19H,(H,18,20)/t16-/m1/s1. The highest BCUT2D eigenvalue weighted by Gasteiger charge is 2.34. The number of amides is 1. The summed E-state index contributed by atoms with van der Waals surface area (Å²) >= 11 is 0. The maximum atomic E-state index is 13.0. The van der Waals surface area contributed by atoms with Crippen molar-refractivity contribution >= 4 is 17.3 Å². The van der Waals surface area contributed by atoms with Gasteiger partial charge in [0.25, 0.3) is 5.91 Å². The van der Waals surface area contributed by atoms with E-state index >= 15 is 0 Å². The summed E-state index contributed by atoms with van der Waals surface area (Å²) in [4.78, 5) is 14.7. The molecule has 0 bridgehead atoms. The van der Waals surface area contributed by atoms with E-state index in [9.17, 15) is 4.79 Å². The molecule has 4 rings (SSSR count). The quantitative estimate of drug-likeness (QED) is 0.762. The molecule has 1 aliphatic rings. The first kappa shape index (κ1) is 12.6. The number of aromatic nitrogens is 2. The van der Waals surface area contributed by atoms with E-state index in [1.807, 2.05) is 60.7 Å². The highest BCUT2D eigenvalue weighted by molar-refractivity contribution is 6.12. The predicted molar refractivity (Wildman–Crippen MR) is 84.6 cm³/mol. The highest BCUT2D eigenvalue weighted by atomic mass is 16.2. The molecule has 2 aromatic carbocycles. The minimum atomic E-state index is -0.313. The number of aromatic amines is 1. The number of rotatable bonds is 2. The molecule has 0 aliphatic carbocycles. The number of nitrogens with one attached hydrogen (secondary N) is 2. The van der Waals surface area contributed by atoms with Crippen molar-refractivity contribution in [3.05, 3.63) is 78.1 Å². The van der Waals surface area contributed by atoms with Gasteiger partial charge in [0.1, 0.15) is 6.17 Å². The van der Waals surface area contributed by atoms with Crippen molar-refractivity contribution in [1.29, 1.82) is 0 Å². The molecular weight excluding hydrogens is 276 g/mol. The molecule has 0 unspecified atom stereocenters. The monoisotopic (exact) mass is 290 g/mol. The largest absolute Gasteiger partial charge is 0.359 e. The second-order valence-corrected chi connectivity index (χ2v) is 5.12. The first-order valence-corrected chi connectivity index (χ1v) is 7.08. The van der Waals surface area contributed by atoms with E-state index in [-0.39, 0.29) is 12.1 Å². The predicted octanol–water partition coefficient (Wildman–Crippen LogP) is 3.18. The van der Waals surface area contributed by atoms with Crippen LogP contribution in [-0.2, 0) is 0 Å². The van der Waals surface area contributed by atoms with Crippen LogP contribution in [0.1, 0.15) is 22.2 Å². The van der Waals surface area contributed by atoms with Gasteiger partial charge in [-0.1, -0.05) is 30.3 Å². The molecule has 1 amide bonds. The molecule has 108 valence electrons. The maximum absolute atomic E-state index is 13.0. The average Bonchev–Trinajstić information content (AvgIpc) is 3.10. The van der Waals surface area contributed by atoms with Gasteiger partial charge in [-0.2, -0.15) is 5.10 Å². The normalized spacial score (nSPS) is 17.0. The number of nitrogens with zero attached hydrogens (tertiary/aromatic N) is 2. The van der Waals surface area contributed by atoms with Gasteiger partial charge in [-0.3, -0.25) is 14.8 Å². The van der Waals surface area contributed by atoms with Gasteiger partial charge in [0.05, 0.1) is 11.3 Å². The zero-order valence-corrected chi connectivity index (χ0v) is 11.7. The summed E-state index contributed by atoms with van der Waals surface area (Å²) in [6.45, 7) is 0. The lowest BCUT2D eigenvalue weighted by atomic mass is 10.1. The summed E-state index contributed by atoms with van der Waals surface area (Å²) in [6.07, 6.45) is 1.37. The lowest BCUT2D eigenvalue weighted by molar-refractivity contribution is 0.0974. The Morgan fingerprint density at radius 3 is 2.50 bits per heavy atom. The molecule has 1 aromatic heterocycles. The van der Waals surface area contributed by atoms with Gasteiger partial charge in [0.15, 0.2) is 0 Å². The third-order valence-electron chi connectivity index (χ3n) is 3.78. The van der Waals surface area contributed by atoms with E-state index in [1.54, 1.807) is 11.1 Å². The van der Waals surface area contributed by atoms with Crippen molar-refractivity contribution in [2.75, 3.05) is 10.2 Å². The highest BCUT2D eigenvalue weighted by Crippen LogP contribution is 2.35. The van der Waals surface area contributed by atoms with Crippen molar-refractivity contribution in [2.45, 2.75) is 6.17 Å². The van der Waals surface area contributed by atoms with Gasteiger partial charge >= 0.3 is 0 Å². The van der Waals surface area contributed by atoms with Crippen molar-refractivity contribution in [2.24, 2.45) is 0 Å². The molecule has 0 saturated carbocycles. The van der Waals surface area contributed by atoms with Crippen LogP contribution < -0.4 is 10.2 Å². The van der Waals surface area contributed by atoms with Gasteiger partial charge in [0, 0.05) is 17.6 Å². The van der Waals surface area contributed by atoms with Gasteiger partial charge in [-0.15, -0.1) is 0 Å². The van der Waals surface area contributed by atoms with Crippen LogP contribution in [0.4, 0.5) is 11.4 Å². The Balaban J connectivity index is 1.87. The van der Waals surface area contributed by atoms with E-state index in [0.29, 0.717) is 5.56 Å². The number of hydrogen-bond donors (Lipinski definition) is 2. The van der Waals surface area contributed by atoms with Crippen LogP contribution in [0, 0.1) is 0 Å². The lowest BCUT2D eigenvalue weighted by Crippen LogP contribution is -2.43. The average molecular weight is 290 g/mol. The molecular formula is C17H14N4O. The molecule has 0 spiro atoms. The summed E-state index contributed by atoms with van der Waals surface area (Å²) in [5.41, 5.74) is 3.18. The van der Waals surface area contributed by atoms with Crippen molar-refractivity contribution < 1.29 is 4.79 Å². The van der Waals surface area contributed by atoms with Gasteiger partial charge < -0.3 is 5.32 Å². The van der Waals surface area contributed by atoms with Gasteiger partial charge in [-0.25, -0.2) is 0 Å². The summed E-state index contributed by atoms with van der Waals surface area (Å²) in [5.74, 6) is -0.0276. The van der Waals surface area contributed by atoms with Gasteiger partial charge in [0.2, 0.25) is 0 Å². The second-order valence-electron chi connectivity index (χ2n) is 5.12. The fourth-order valence-electron chi connectivity index (χ4n) is 2.75. The lowest BCUT2D eigenvalue weighted by Gasteiger charge is -2.37. The van der Waals surface area contributed by atoms with E-state index < -0.39 is 0 Å². The number of carbonyl (C=O) groups is 1. The number of H-pyrrole nitrogens is 1. The van der Waals surface area contributed by atoms with Crippen LogP contribution in [0.25, 0.3) is 0 Å². The third-order valence-corrected chi connectivity index (χ3v) is 3.78. The number of carbonyl (C=O) groups excluding carboxylic acids is 1. The van der Waals surface area contributed by atoms with Crippen LogP contribution >= 0.6 is 0 Å². The van der Waals surface area contributed by atoms with Crippen LogP contribution in [0.15, 0.2) is 66.9 Å². The van der Waals surface area contributed by atoms with E-state index in [4.69, 9.17) is 0 Å². The molecule has 3 aromatic rings. The first-order valence-electron chi connectivity index (χ1n) is 7.08. The van der Waals surface area contributed by atoms with Gasteiger partial charge in [-0.05, 0) is 30.3 Å². The first-order chi connectivity index (χ1) is 10.8. The Bertz CT molecular complexity index is 799. The molecule has 22 heavy (non-hydrogen) atoms. The van der Waals surface area contributed by atoms with E-state index in [2.05, 4.69) is 15.5 Å². The van der Waals surface area contributed by atoms with E-state index in [0.717, 1.165) is 17.1 Å². The van der Waals surface area contributed by atoms with Crippen molar-refractivity contribution in [1.82, 2.24) is 10.2 Å². The van der Waals surface area contributed by atoms with Crippen molar-refractivity contribution in [3.63, 3.8) is 0 Å². The molecule has 0 saturated heterocycles. The molecule has 2 heterocycles. The smallest absolute Gasteiger partial charge is 0.262 e. The summed E-state index contributed by atoms with van der Waals surface area (Å²) in [6, 6.07) is 19.1. The second kappa shape index (κ2) is 5.04. The van der Waals surface area contributed by atoms with E-state index in [1.165, 1.54) is 0 Å². The number of anilines is 2. The summed E-state index contributed by atoms with van der Waals surface area (Å²) < 4.78 is 0. The Morgan fingerprint density at radius 2 is 1.73 bits per heavy atom. The molecule has 2 N–H and O–H groups in total. The number of hydrogen-bond acceptors (Lipinski definition) is 3. The molecule has 0 fully saturated rings. The fraction of sp³-hybridized carbons (Fsp3) is 0.0588. The zero-order chi connectivity index (χ0) is 14.9. The summed E-state index contributed by atoms with van der Waals surface area (Å²) in [5, 5.41) is 10.4. The molecule has 0 radical (unpaired) electrons. The third kappa shape index (κ3) is 1.95. The minimum absolute atomic E-state index is 0.0276. The Hall–Kier alpha value is -3.08. The Labute approximate surface area is 127 Å². The molecule has 5 heteroatoms. The number of benzene rings is 2. The molecule has 5 nitrogen and oxygen atoms in total. The Kier molecular flexibility index (Phi) is 2.89. The number of fused-ring (bicyclic) bond motifs is 1. The summed E-state index contributed by atoms with van der Waals surface area (Å²) in [7, 11) is 0. The maximum Gasteiger partial charge on any atom is 0.262 e. The van der Waals surface area contributed by atoms with Crippen LogP contribution in [0.2, 0.25) is 0 Å². The molecule has 1 atom stereocenters. The van der Waals surface area contributed by atoms with Crippen LogP contribution in [0.5, 0.6) is 0 Å². The molecule has 1 aliphatic heterocycles.